The van der Waals surface area contributed by atoms with Gasteiger partial charge in [-0.25, -0.2) is 0 Å². The first-order valence-corrected chi connectivity index (χ1v) is 8.16. The summed E-state index contributed by atoms with van der Waals surface area (Å²) in [6.07, 6.45) is 0.949. The van der Waals surface area contributed by atoms with Gasteiger partial charge in [0.05, 0.1) is 5.41 Å². The molecule has 0 radical (unpaired) electrons. The standard InChI is InChI=1S/C16H20BrNO4/c1-3-16(4-2,15(20)21)9-18-14(19)12-8-22-13-6-5-10(17)7-11(12)13/h5-7,12H,3-4,8-9H2,1-2H3,(H,18,19)(H,20,21). The van der Waals surface area contributed by atoms with Gasteiger partial charge in [-0.3, -0.25) is 9.59 Å². The molecule has 0 saturated heterocycles. The molecule has 1 heterocycles. The molecule has 1 atom stereocenters. The summed E-state index contributed by atoms with van der Waals surface area (Å²) >= 11 is 3.39. The van der Waals surface area contributed by atoms with Crippen LogP contribution in [0, 0.1) is 5.41 Å². The van der Waals surface area contributed by atoms with Crippen LogP contribution in [0.4, 0.5) is 0 Å². The molecular weight excluding hydrogens is 350 g/mol. The van der Waals surface area contributed by atoms with E-state index in [0.717, 1.165) is 10.0 Å². The summed E-state index contributed by atoms with van der Waals surface area (Å²) in [5.41, 5.74) is -0.0734. The molecule has 2 N–H and O–H groups in total. The molecule has 1 aromatic rings. The number of hydrogen-bond donors (Lipinski definition) is 2. The van der Waals surface area contributed by atoms with Crippen molar-refractivity contribution in [2.75, 3.05) is 13.2 Å². The number of nitrogens with one attached hydrogen (secondary N) is 1. The lowest BCUT2D eigenvalue weighted by Gasteiger charge is -2.27. The second-order valence-corrected chi connectivity index (χ2v) is 6.47. The summed E-state index contributed by atoms with van der Waals surface area (Å²) in [6, 6.07) is 5.56. The number of carboxylic acids is 1. The fourth-order valence-electron chi connectivity index (χ4n) is 2.66. The predicted molar refractivity (Wildman–Crippen MR) is 86.0 cm³/mol. The fourth-order valence-corrected chi connectivity index (χ4v) is 3.04. The Morgan fingerprint density at radius 3 is 2.68 bits per heavy atom. The van der Waals surface area contributed by atoms with Gasteiger partial charge in [0.2, 0.25) is 5.91 Å². The molecule has 0 aromatic heterocycles. The fraction of sp³-hybridized carbons (Fsp3) is 0.500. The summed E-state index contributed by atoms with van der Waals surface area (Å²) < 4.78 is 6.41. The lowest BCUT2D eigenvalue weighted by atomic mass is 9.82. The van der Waals surface area contributed by atoms with E-state index in [4.69, 9.17) is 4.74 Å². The maximum absolute atomic E-state index is 12.4. The molecule has 120 valence electrons. The molecule has 5 nitrogen and oxygen atoms in total. The van der Waals surface area contributed by atoms with Crippen molar-refractivity contribution in [3.63, 3.8) is 0 Å². The molecule has 1 aliphatic heterocycles. The third-order valence-electron chi connectivity index (χ3n) is 4.48. The van der Waals surface area contributed by atoms with Crippen LogP contribution in [0.3, 0.4) is 0 Å². The van der Waals surface area contributed by atoms with Crippen LogP contribution in [0.1, 0.15) is 38.2 Å². The molecule has 1 aromatic carbocycles. The van der Waals surface area contributed by atoms with Crippen LogP contribution < -0.4 is 10.1 Å². The highest BCUT2D eigenvalue weighted by atomic mass is 79.9. The van der Waals surface area contributed by atoms with Crippen LogP contribution >= 0.6 is 15.9 Å². The first-order valence-electron chi connectivity index (χ1n) is 7.37. The molecule has 22 heavy (non-hydrogen) atoms. The number of benzene rings is 1. The van der Waals surface area contributed by atoms with E-state index in [1.807, 2.05) is 32.0 Å². The Balaban J connectivity index is 2.09. The highest BCUT2D eigenvalue weighted by Gasteiger charge is 2.37. The van der Waals surface area contributed by atoms with E-state index in [-0.39, 0.29) is 19.1 Å². The number of ether oxygens (including phenoxy) is 1. The predicted octanol–water partition coefficient (Wildman–Crippen LogP) is 2.93. The molecule has 0 spiro atoms. The molecule has 1 amide bonds. The van der Waals surface area contributed by atoms with Gasteiger partial charge in [0.25, 0.3) is 0 Å². The second-order valence-electron chi connectivity index (χ2n) is 5.56. The first kappa shape index (κ1) is 16.8. The van der Waals surface area contributed by atoms with Crippen LogP contribution in [0.5, 0.6) is 5.75 Å². The number of rotatable bonds is 6. The van der Waals surface area contributed by atoms with Crippen molar-refractivity contribution in [3.8, 4) is 5.75 Å². The third kappa shape index (κ3) is 3.11. The molecule has 6 heteroatoms. The van der Waals surface area contributed by atoms with Gasteiger partial charge < -0.3 is 15.2 Å². The number of hydrogen-bond acceptors (Lipinski definition) is 3. The Bertz CT molecular complexity index is 584. The quantitative estimate of drug-likeness (QED) is 0.808. The topological polar surface area (TPSA) is 75.6 Å². The SMILES string of the molecule is CCC(CC)(CNC(=O)C1COc2ccc(Br)cc21)C(=O)O. The molecule has 0 fully saturated rings. The van der Waals surface area contributed by atoms with Crippen LogP contribution in [0.15, 0.2) is 22.7 Å². The molecule has 0 saturated carbocycles. The highest BCUT2D eigenvalue weighted by molar-refractivity contribution is 9.10. The third-order valence-corrected chi connectivity index (χ3v) is 4.97. The second kappa shape index (κ2) is 6.69. The maximum atomic E-state index is 12.4. The van der Waals surface area contributed by atoms with E-state index >= 15 is 0 Å². The average molecular weight is 370 g/mol. The minimum atomic E-state index is -0.908. The summed E-state index contributed by atoms with van der Waals surface area (Å²) in [5.74, 6) is -0.750. The Morgan fingerprint density at radius 1 is 1.41 bits per heavy atom. The number of halogens is 1. The van der Waals surface area contributed by atoms with Crippen molar-refractivity contribution < 1.29 is 19.4 Å². The van der Waals surface area contributed by atoms with E-state index in [2.05, 4.69) is 21.2 Å². The molecule has 1 unspecified atom stereocenters. The summed E-state index contributed by atoms with van der Waals surface area (Å²) in [6.45, 7) is 4.08. The van der Waals surface area contributed by atoms with Crippen LogP contribution in [-0.4, -0.2) is 30.1 Å². The average Bonchev–Trinajstić information content (AvgIpc) is 2.91. The van der Waals surface area contributed by atoms with Gasteiger partial charge in [-0.1, -0.05) is 29.8 Å². The minimum absolute atomic E-state index is 0.133. The highest BCUT2D eigenvalue weighted by Crippen LogP contribution is 2.36. The van der Waals surface area contributed by atoms with Gasteiger partial charge in [-0.05, 0) is 31.0 Å². The number of aliphatic carboxylic acids is 1. The van der Waals surface area contributed by atoms with Gasteiger partial charge in [0.1, 0.15) is 18.3 Å². The van der Waals surface area contributed by atoms with Crippen molar-refractivity contribution in [1.29, 1.82) is 0 Å². The minimum Gasteiger partial charge on any atom is -0.492 e. The summed E-state index contributed by atoms with van der Waals surface area (Å²) in [5, 5.41) is 12.2. The maximum Gasteiger partial charge on any atom is 0.311 e. The van der Waals surface area contributed by atoms with Gasteiger partial charge in [0.15, 0.2) is 0 Å². The number of carbonyl (C=O) groups is 2. The van der Waals surface area contributed by atoms with Crippen molar-refractivity contribution >= 4 is 27.8 Å². The Kier molecular flexibility index (Phi) is 5.11. The largest absolute Gasteiger partial charge is 0.492 e. The number of fused-ring (bicyclic) bond motifs is 1. The Labute approximate surface area is 138 Å². The normalized spacial score (nSPS) is 16.8. The lowest BCUT2D eigenvalue weighted by molar-refractivity contribution is -0.149. The van der Waals surface area contributed by atoms with Gasteiger partial charge in [-0.15, -0.1) is 0 Å². The Hall–Kier alpha value is -1.56. The summed E-state index contributed by atoms with van der Waals surface area (Å²) in [4.78, 5) is 23.9. The number of amides is 1. The van der Waals surface area contributed by atoms with Crippen LogP contribution in [-0.2, 0) is 9.59 Å². The zero-order valence-electron chi connectivity index (χ0n) is 12.7. The van der Waals surface area contributed by atoms with Gasteiger partial charge in [-0.2, -0.15) is 0 Å². The first-order chi connectivity index (χ1) is 10.4. The smallest absolute Gasteiger partial charge is 0.311 e. The van der Waals surface area contributed by atoms with Crippen LogP contribution in [0.2, 0.25) is 0 Å². The van der Waals surface area contributed by atoms with E-state index in [0.29, 0.717) is 18.6 Å². The lowest BCUT2D eigenvalue weighted by Crippen LogP contribution is -2.44. The van der Waals surface area contributed by atoms with Crippen LogP contribution in [0.25, 0.3) is 0 Å². The molecule has 0 aliphatic carbocycles. The van der Waals surface area contributed by atoms with E-state index < -0.39 is 17.3 Å². The van der Waals surface area contributed by atoms with Crippen molar-refractivity contribution in [1.82, 2.24) is 5.32 Å². The van der Waals surface area contributed by atoms with Crippen molar-refractivity contribution in [3.05, 3.63) is 28.2 Å². The number of carbonyl (C=O) groups excluding carboxylic acids is 1. The van der Waals surface area contributed by atoms with Gasteiger partial charge in [0, 0.05) is 16.6 Å². The van der Waals surface area contributed by atoms with Crippen molar-refractivity contribution in [2.24, 2.45) is 5.41 Å². The monoisotopic (exact) mass is 369 g/mol. The van der Waals surface area contributed by atoms with Crippen molar-refractivity contribution in [2.45, 2.75) is 32.6 Å². The molecule has 2 rings (SSSR count). The summed E-state index contributed by atoms with van der Waals surface area (Å²) in [7, 11) is 0. The van der Waals surface area contributed by atoms with Gasteiger partial charge >= 0.3 is 5.97 Å². The number of carboxylic acid groups (broad SMARTS) is 1. The molecular formula is C16H20BrNO4. The molecule has 1 aliphatic rings. The Morgan fingerprint density at radius 2 is 2.09 bits per heavy atom. The van der Waals surface area contributed by atoms with E-state index in [9.17, 15) is 14.7 Å². The molecule has 0 bridgehead atoms. The van der Waals surface area contributed by atoms with E-state index in [1.165, 1.54) is 0 Å². The zero-order chi connectivity index (χ0) is 16.3. The zero-order valence-corrected chi connectivity index (χ0v) is 14.3. The van der Waals surface area contributed by atoms with E-state index in [1.54, 1.807) is 0 Å².